The number of hydrogen-bond donors (Lipinski definition) is 0. The molecule has 0 spiro atoms. The fourth-order valence-corrected chi connectivity index (χ4v) is 0.793. The summed E-state index contributed by atoms with van der Waals surface area (Å²) in [5, 5.41) is 0. The van der Waals surface area contributed by atoms with E-state index >= 15 is 0 Å². The van der Waals surface area contributed by atoms with Crippen molar-refractivity contribution in [2.24, 2.45) is 15.0 Å². The van der Waals surface area contributed by atoms with Crippen molar-refractivity contribution in [3.63, 3.8) is 0 Å². The first-order chi connectivity index (χ1) is 5.47. The van der Waals surface area contributed by atoms with Crippen LogP contribution in [0.15, 0.2) is 27.4 Å². The molecule has 0 aliphatic carbocycles. The number of nitrogens with zero attached hydrogens (tertiary/aromatic N) is 4. The molecule has 2 rings (SSSR count). The SMILES string of the molecule is C1=CN2C/N=C\N=CN=C2O1. The summed E-state index contributed by atoms with van der Waals surface area (Å²) in [6.07, 6.45) is 6.20. The van der Waals surface area contributed by atoms with Gasteiger partial charge in [-0.1, -0.05) is 0 Å². The summed E-state index contributed by atoms with van der Waals surface area (Å²) in [4.78, 5) is 13.4. The zero-order valence-corrected chi connectivity index (χ0v) is 5.71. The topological polar surface area (TPSA) is 49.5 Å². The molecule has 0 fully saturated rings. The van der Waals surface area contributed by atoms with Crippen LogP contribution in [-0.2, 0) is 4.74 Å². The zero-order chi connectivity index (χ0) is 7.52. The van der Waals surface area contributed by atoms with Gasteiger partial charge in [0.05, 0.1) is 0 Å². The molecule has 0 aromatic carbocycles. The number of ether oxygens (including phenoxy) is 1. The van der Waals surface area contributed by atoms with Crippen molar-refractivity contribution in [3.8, 4) is 0 Å². The molecule has 11 heavy (non-hydrogen) atoms. The number of rotatable bonds is 0. The third-order valence-corrected chi connectivity index (χ3v) is 1.28. The molecule has 5 heteroatoms. The van der Waals surface area contributed by atoms with Gasteiger partial charge in [0.15, 0.2) is 0 Å². The van der Waals surface area contributed by atoms with Crippen LogP contribution in [0.2, 0.25) is 0 Å². The Bertz CT molecular complexity index is 266. The fourth-order valence-electron chi connectivity index (χ4n) is 0.793. The highest BCUT2D eigenvalue weighted by Crippen LogP contribution is 2.04. The van der Waals surface area contributed by atoms with E-state index in [2.05, 4.69) is 15.0 Å². The Morgan fingerprint density at radius 1 is 1.45 bits per heavy atom. The number of amidine groups is 1. The highest BCUT2D eigenvalue weighted by molar-refractivity contribution is 5.87. The Kier molecular flexibility index (Phi) is 1.40. The molecule has 0 aromatic rings. The smallest absolute Gasteiger partial charge is 0.304 e. The Morgan fingerprint density at radius 3 is 3.45 bits per heavy atom. The number of fused-ring (bicyclic) bond motifs is 1. The second-order valence-electron chi connectivity index (χ2n) is 1.99. The molecule has 2 aliphatic rings. The van der Waals surface area contributed by atoms with E-state index in [1.165, 1.54) is 12.7 Å². The van der Waals surface area contributed by atoms with Crippen molar-refractivity contribution in [3.05, 3.63) is 12.5 Å². The fraction of sp³-hybridized carbons (Fsp3) is 0.167. The van der Waals surface area contributed by atoms with Crippen LogP contribution in [0.4, 0.5) is 0 Å². The van der Waals surface area contributed by atoms with Gasteiger partial charge in [0.25, 0.3) is 0 Å². The molecule has 0 bridgehead atoms. The monoisotopic (exact) mass is 150 g/mol. The third kappa shape index (κ3) is 1.12. The zero-order valence-electron chi connectivity index (χ0n) is 5.71. The lowest BCUT2D eigenvalue weighted by Gasteiger charge is -2.10. The second kappa shape index (κ2) is 2.53. The van der Waals surface area contributed by atoms with Crippen LogP contribution in [0.25, 0.3) is 0 Å². The summed E-state index contributed by atoms with van der Waals surface area (Å²) in [7, 11) is 0. The van der Waals surface area contributed by atoms with Gasteiger partial charge >= 0.3 is 6.02 Å². The van der Waals surface area contributed by atoms with E-state index in [0.717, 1.165) is 0 Å². The van der Waals surface area contributed by atoms with Crippen LogP contribution < -0.4 is 0 Å². The molecule has 0 radical (unpaired) electrons. The first kappa shape index (κ1) is 6.09. The number of aliphatic imine (C=N–C) groups is 3. The van der Waals surface area contributed by atoms with Crippen molar-refractivity contribution < 1.29 is 4.74 Å². The third-order valence-electron chi connectivity index (χ3n) is 1.28. The summed E-state index contributed by atoms with van der Waals surface area (Å²) in [6, 6.07) is 0.519. The maximum Gasteiger partial charge on any atom is 0.304 e. The van der Waals surface area contributed by atoms with Gasteiger partial charge in [-0.2, -0.15) is 4.99 Å². The largest absolute Gasteiger partial charge is 0.432 e. The highest BCUT2D eigenvalue weighted by atomic mass is 16.5. The van der Waals surface area contributed by atoms with Crippen molar-refractivity contribution in [2.45, 2.75) is 0 Å². The summed E-state index contributed by atoms with van der Waals surface area (Å²) in [5.74, 6) is 0. The number of hydrogen-bond acceptors (Lipinski definition) is 5. The molecule has 0 aromatic heterocycles. The second-order valence-corrected chi connectivity index (χ2v) is 1.99. The van der Waals surface area contributed by atoms with Gasteiger partial charge < -0.3 is 4.74 Å². The Hall–Kier alpha value is -1.65. The van der Waals surface area contributed by atoms with Gasteiger partial charge in [0.2, 0.25) is 0 Å². The average molecular weight is 150 g/mol. The molecule has 2 heterocycles. The van der Waals surface area contributed by atoms with Crippen LogP contribution in [0.3, 0.4) is 0 Å². The van der Waals surface area contributed by atoms with Gasteiger partial charge in [0.1, 0.15) is 25.6 Å². The molecule has 56 valence electrons. The molecule has 0 unspecified atom stereocenters. The van der Waals surface area contributed by atoms with Crippen LogP contribution in [0, 0.1) is 0 Å². The minimum absolute atomic E-state index is 0.507. The summed E-state index contributed by atoms with van der Waals surface area (Å²) in [6.45, 7) is 0.507. The van der Waals surface area contributed by atoms with Crippen molar-refractivity contribution in [1.29, 1.82) is 0 Å². The maximum absolute atomic E-state index is 5.02. The molecular weight excluding hydrogens is 144 g/mol. The molecule has 0 saturated heterocycles. The Labute approximate surface area is 63.4 Å². The molecule has 5 nitrogen and oxygen atoms in total. The summed E-state index contributed by atoms with van der Waals surface area (Å²) in [5.41, 5.74) is 0. The lowest BCUT2D eigenvalue weighted by atomic mass is 10.7. The first-order valence-electron chi connectivity index (χ1n) is 3.14. The van der Waals surface area contributed by atoms with Gasteiger partial charge in [-0.05, 0) is 0 Å². The Morgan fingerprint density at radius 2 is 2.45 bits per heavy atom. The molecular formula is C6H6N4O. The minimum atomic E-state index is 0.507. The predicted octanol–water partition coefficient (Wildman–Crippen LogP) is 0.173. The minimum Gasteiger partial charge on any atom is -0.432 e. The summed E-state index contributed by atoms with van der Waals surface area (Å²) < 4.78 is 5.02. The molecule has 2 aliphatic heterocycles. The van der Waals surface area contributed by atoms with Gasteiger partial charge in [-0.25, -0.2) is 4.99 Å². The van der Waals surface area contributed by atoms with E-state index in [0.29, 0.717) is 12.7 Å². The van der Waals surface area contributed by atoms with E-state index in [4.69, 9.17) is 4.74 Å². The van der Waals surface area contributed by atoms with Gasteiger partial charge in [-0.3, -0.25) is 9.89 Å². The van der Waals surface area contributed by atoms with E-state index in [9.17, 15) is 0 Å². The van der Waals surface area contributed by atoms with Crippen LogP contribution in [0.5, 0.6) is 0 Å². The van der Waals surface area contributed by atoms with Crippen molar-refractivity contribution in [2.75, 3.05) is 6.67 Å². The lowest BCUT2D eigenvalue weighted by molar-refractivity contribution is 0.426. The van der Waals surface area contributed by atoms with Crippen LogP contribution >= 0.6 is 0 Å². The average Bonchev–Trinajstić information content (AvgIpc) is 2.35. The first-order valence-corrected chi connectivity index (χ1v) is 3.14. The van der Waals surface area contributed by atoms with Gasteiger partial charge in [-0.15, -0.1) is 0 Å². The van der Waals surface area contributed by atoms with Crippen molar-refractivity contribution >= 4 is 18.7 Å². The standard InChI is InChI=1S/C6H6N4O/c1-2-11-6-9-4-7-3-8-5-10(1)6/h1-4H,5H2/b7-4?,8-3-,9-6?. The van der Waals surface area contributed by atoms with Crippen LogP contribution in [0.1, 0.15) is 0 Å². The molecule has 0 atom stereocenters. The lowest BCUT2D eigenvalue weighted by Crippen LogP contribution is -2.23. The quantitative estimate of drug-likeness (QED) is 0.494. The van der Waals surface area contributed by atoms with Crippen molar-refractivity contribution in [1.82, 2.24) is 4.90 Å². The van der Waals surface area contributed by atoms with Gasteiger partial charge in [0, 0.05) is 6.20 Å². The maximum atomic E-state index is 5.02. The van der Waals surface area contributed by atoms with E-state index in [1.807, 2.05) is 0 Å². The highest BCUT2D eigenvalue weighted by Gasteiger charge is 2.13. The Balaban J connectivity index is 2.26. The normalized spacial score (nSPS) is 23.3. The molecule has 0 amide bonds. The molecule has 0 saturated carbocycles. The predicted molar refractivity (Wildman–Crippen MR) is 41.4 cm³/mol. The summed E-state index contributed by atoms with van der Waals surface area (Å²) >= 11 is 0. The molecule has 0 N–H and O–H groups in total. The van der Waals surface area contributed by atoms with E-state index < -0.39 is 0 Å². The van der Waals surface area contributed by atoms with E-state index in [-0.39, 0.29) is 0 Å². The van der Waals surface area contributed by atoms with E-state index in [1.54, 1.807) is 17.4 Å². The van der Waals surface area contributed by atoms with Crippen LogP contribution in [-0.4, -0.2) is 30.3 Å².